The lowest BCUT2D eigenvalue weighted by molar-refractivity contribution is -0.143. The number of hydrogen-bond donors (Lipinski definition) is 1. The minimum Gasteiger partial charge on any atom is -0.468 e. The van der Waals surface area contributed by atoms with Crippen LogP contribution in [0.4, 0.5) is 0 Å². The van der Waals surface area contributed by atoms with Crippen LogP contribution in [0.25, 0.3) is 0 Å². The molecule has 1 saturated carbocycles. The van der Waals surface area contributed by atoms with Crippen LogP contribution in [0, 0.1) is 0 Å². The molecule has 0 spiro atoms. The van der Waals surface area contributed by atoms with Crippen LogP contribution < -0.4 is 5.32 Å². The molecule has 5 heteroatoms. The summed E-state index contributed by atoms with van der Waals surface area (Å²) in [4.78, 5) is 16.4. The Morgan fingerprint density at radius 1 is 1.44 bits per heavy atom. The molecule has 2 fully saturated rings. The van der Waals surface area contributed by atoms with Crippen molar-refractivity contribution in [1.29, 1.82) is 0 Å². The van der Waals surface area contributed by atoms with Crippen molar-refractivity contribution in [1.82, 2.24) is 15.1 Å². The lowest BCUT2D eigenvalue weighted by atomic mass is 10.2. The zero-order valence-corrected chi connectivity index (χ0v) is 11.7. The van der Waals surface area contributed by atoms with Gasteiger partial charge in [0.1, 0.15) is 6.04 Å². The number of hydrogen-bond acceptors (Lipinski definition) is 5. The van der Waals surface area contributed by atoms with E-state index in [1.54, 1.807) is 0 Å². The maximum Gasteiger partial charge on any atom is 0.324 e. The molecule has 0 radical (unpaired) electrons. The molecule has 1 saturated heterocycles. The molecular formula is C13H25N3O2. The molecule has 2 atom stereocenters. The quantitative estimate of drug-likeness (QED) is 0.672. The predicted molar refractivity (Wildman–Crippen MR) is 70.5 cm³/mol. The summed E-state index contributed by atoms with van der Waals surface area (Å²) in [6.45, 7) is 2.89. The maximum atomic E-state index is 11.8. The summed E-state index contributed by atoms with van der Waals surface area (Å²) in [5.41, 5.74) is 0. The summed E-state index contributed by atoms with van der Waals surface area (Å²) in [6.07, 6.45) is 3.56. The Balaban J connectivity index is 1.82. The van der Waals surface area contributed by atoms with Crippen molar-refractivity contribution >= 4 is 5.97 Å². The van der Waals surface area contributed by atoms with E-state index in [2.05, 4.69) is 29.2 Å². The van der Waals surface area contributed by atoms with Crippen molar-refractivity contribution < 1.29 is 9.53 Å². The summed E-state index contributed by atoms with van der Waals surface area (Å²) in [5, 5.41) is 3.38. The highest BCUT2D eigenvalue weighted by Gasteiger charge is 2.32. The predicted octanol–water partition coefficient (Wildman–Crippen LogP) is -0.0841. The Kier molecular flexibility index (Phi) is 4.59. The molecule has 2 rings (SSSR count). The number of nitrogens with one attached hydrogen (secondary N) is 1. The third-order valence-corrected chi connectivity index (χ3v) is 3.92. The fraction of sp³-hybridized carbons (Fsp3) is 0.923. The summed E-state index contributed by atoms with van der Waals surface area (Å²) < 4.78 is 4.89. The van der Waals surface area contributed by atoms with E-state index < -0.39 is 0 Å². The number of methoxy groups -OCH3 is 1. The molecule has 0 aromatic carbocycles. The number of esters is 1. The van der Waals surface area contributed by atoms with E-state index in [4.69, 9.17) is 4.74 Å². The average molecular weight is 255 g/mol. The van der Waals surface area contributed by atoms with Gasteiger partial charge in [0.15, 0.2) is 0 Å². The van der Waals surface area contributed by atoms with Crippen molar-refractivity contribution in [2.75, 3.05) is 40.8 Å². The minimum atomic E-state index is -0.164. The van der Waals surface area contributed by atoms with Gasteiger partial charge in [-0.25, -0.2) is 0 Å². The number of carbonyl (C=O) groups excluding carboxylic acids is 1. The van der Waals surface area contributed by atoms with Gasteiger partial charge >= 0.3 is 5.97 Å². The van der Waals surface area contributed by atoms with Crippen molar-refractivity contribution in [3.05, 3.63) is 0 Å². The highest BCUT2D eigenvalue weighted by molar-refractivity contribution is 5.76. The number of nitrogens with zero attached hydrogens (tertiary/aromatic N) is 2. The van der Waals surface area contributed by atoms with E-state index in [-0.39, 0.29) is 12.0 Å². The van der Waals surface area contributed by atoms with Gasteiger partial charge in [-0.15, -0.1) is 0 Å². The lowest BCUT2D eigenvalue weighted by Crippen LogP contribution is -2.47. The highest BCUT2D eigenvalue weighted by atomic mass is 16.5. The summed E-state index contributed by atoms with van der Waals surface area (Å²) in [5.74, 6) is -0.129. The molecular weight excluding hydrogens is 230 g/mol. The molecule has 1 N–H and O–H groups in total. The number of ether oxygens (including phenoxy) is 1. The number of rotatable bonds is 6. The van der Waals surface area contributed by atoms with E-state index in [0.29, 0.717) is 12.1 Å². The second kappa shape index (κ2) is 5.99. The molecule has 0 bridgehead atoms. The molecule has 0 amide bonds. The second-order valence-electron chi connectivity index (χ2n) is 5.68. The summed E-state index contributed by atoms with van der Waals surface area (Å²) in [7, 11) is 5.71. The van der Waals surface area contributed by atoms with Gasteiger partial charge in [0.05, 0.1) is 7.11 Å². The van der Waals surface area contributed by atoms with Gasteiger partial charge in [-0.2, -0.15) is 0 Å². The Morgan fingerprint density at radius 2 is 2.17 bits per heavy atom. The van der Waals surface area contributed by atoms with Gasteiger partial charge in [0.2, 0.25) is 0 Å². The van der Waals surface area contributed by atoms with Crippen molar-refractivity contribution in [2.24, 2.45) is 0 Å². The minimum absolute atomic E-state index is 0.129. The van der Waals surface area contributed by atoms with E-state index in [1.807, 2.05) is 0 Å². The van der Waals surface area contributed by atoms with Crippen LogP contribution in [0.2, 0.25) is 0 Å². The van der Waals surface area contributed by atoms with Crippen LogP contribution in [-0.4, -0.2) is 74.7 Å². The van der Waals surface area contributed by atoms with E-state index in [1.165, 1.54) is 26.4 Å². The fourth-order valence-electron chi connectivity index (χ4n) is 2.53. The Labute approximate surface area is 109 Å². The topological polar surface area (TPSA) is 44.8 Å². The summed E-state index contributed by atoms with van der Waals surface area (Å²) >= 11 is 0. The molecule has 0 aromatic rings. The molecule has 0 aromatic heterocycles. The SMILES string of the molecule is COC(=O)C(CN1CCC(N(C)C)C1)NC1CC1. The Hall–Kier alpha value is -0.650. The number of likely N-dealkylation sites (tertiary alicyclic amines) is 1. The van der Waals surface area contributed by atoms with Gasteiger partial charge in [0.25, 0.3) is 0 Å². The average Bonchev–Trinajstić information content (AvgIpc) is 3.03. The standard InChI is InChI=1S/C13H25N3O2/c1-15(2)11-6-7-16(8-11)9-12(13(17)18-3)14-10-4-5-10/h10-12,14H,4-9H2,1-3H3. The fourth-order valence-corrected chi connectivity index (χ4v) is 2.53. The molecule has 2 aliphatic rings. The zero-order chi connectivity index (χ0) is 13.1. The lowest BCUT2D eigenvalue weighted by Gasteiger charge is -2.24. The van der Waals surface area contributed by atoms with Crippen LogP contribution in [0.1, 0.15) is 19.3 Å². The van der Waals surface area contributed by atoms with Crippen LogP contribution >= 0.6 is 0 Å². The van der Waals surface area contributed by atoms with Crippen LogP contribution in [0.5, 0.6) is 0 Å². The number of carbonyl (C=O) groups is 1. The van der Waals surface area contributed by atoms with Gasteiger partial charge in [-0.1, -0.05) is 0 Å². The largest absolute Gasteiger partial charge is 0.468 e. The zero-order valence-electron chi connectivity index (χ0n) is 11.7. The van der Waals surface area contributed by atoms with Gasteiger partial charge in [0, 0.05) is 25.2 Å². The first kappa shape index (κ1) is 13.8. The third kappa shape index (κ3) is 3.67. The van der Waals surface area contributed by atoms with Crippen molar-refractivity contribution in [3.8, 4) is 0 Å². The van der Waals surface area contributed by atoms with Gasteiger partial charge < -0.3 is 15.0 Å². The first-order valence-electron chi connectivity index (χ1n) is 6.83. The third-order valence-electron chi connectivity index (χ3n) is 3.92. The van der Waals surface area contributed by atoms with E-state index >= 15 is 0 Å². The second-order valence-corrected chi connectivity index (χ2v) is 5.68. The number of likely N-dealkylation sites (N-methyl/N-ethyl adjacent to an activating group) is 1. The summed E-state index contributed by atoms with van der Waals surface area (Å²) in [6, 6.07) is 0.981. The monoisotopic (exact) mass is 255 g/mol. The van der Waals surface area contributed by atoms with Gasteiger partial charge in [-0.05, 0) is 39.9 Å². The molecule has 2 unspecified atom stereocenters. The van der Waals surface area contributed by atoms with Crippen LogP contribution in [0.15, 0.2) is 0 Å². The van der Waals surface area contributed by atoms with Gasteiger partial charge in [-0.3, -0.25) is 9.69 Å². The molecule has 1 aliphatic heterocycles. The molecule has 104 valence electrons. The van der Waals surface area contributed by atoms with E-state index in [0.717, 1.165) is 19.6 Å². The Morgan fingerprint density at radius 3 is 2.67 bits per heavy atom. The van der Waals surface area contributed by atoms with Crippen molar-refractivity contribution in [2.45, 2.75) is 37.4 Å². The normalized spacial score (nSPS) is 26.6. The van der Waals surface area contributed by atoms with Crippen LogP contribution in [0.3, 0.4) is 0 Å². The highest BCUT2D eigenvalue weighted by Crippen LogP contribution is 2.20. The smallest absolute Gasteiger partial charge is 0.324 e. The Bertz CT molecular complexity index is 292. The molecule has 1 heterocycles. The first-order chi connectivity index (χ1) is 8.60. The molecule has 1 aliphatic carbocycles. The first-order valence-corrected chi connectivity index (χ1v) is 6.83. The maximum absolute atomic E-state index is 11.8. The molecule has 18 heavy (non-hydrogen) atoms. The molecule has 5 nitrogen and oxygen atoms in total. The van der Waals surface area contributed by atoms with Crippen molar-refractivity contribution in [3.63, 3.8) is 0 Å². The van der Waals surface area contributed by atoms with Crippen LogP contribution in [-0.2, 0) is 9.53 Å². The van der Waals surface area contributed by atoms with E-state index in [9.17, 15) is 4.79 Å².